The minimum atomic E-state index is -0.0902. The van der Waals surface area contributed by atoms with Crippen LogP contribution in [0.3, 0.4) is 0 Å². The van der Waals surface area contributed by atoms with Crippen molar-refractivity contribution in [3.63, 3.8) is 0 Å². The predicted octanol–water partition coefficient (Wildman–Crippen LogP) is 1.22. The van der Waals surface area contributed by atoms with Crippen LogP contribution in [0.5, 0.6) is 5.75 Å². The number of aliphatic hydroxyl groups is 1. The zero-order valence-corrected chi connectivity index (χ0v) is 9.71. The van der Waals surface area contributed by atoms with Gasteiger partial charge in [-0.15, -0.1) is 5.10 Å². The maximum atomic E-state index is 8.92. The summed E-state index contributed by atoms with van der Waals surface area (Å²) in [6.07, 6.45) is 1.72. The van der Waals surface area contributed by atoms with Gasteiger partial charge in [0.1, 0.15) is 11.4 Å². The molecule has 0 aliphatic rings. The van der Waals surface area contributed by atoms with E-state index in [1.807, 2.05) is 31.2 Å². The lowest BCUT2D eigenvalue weighted by Crippen LogP contribution is -2.03. The summed E-state index contributed by atoms with van der Waals surface area (Å²) in [5.41, 5.74) is 1.61. The number of rotatable bonds is 5. The molecule has 5 nitrogen and oxygen atoms in total. The Morgan fingerprint density at radius 3 is 2.88 bits per heavy atom. The van der Waals surface area contributed by atoms with E-state index in [2.05, 4.69) is 10.3 Å². The van der Waals surface area contributed by atoms with Gasteiger partial charge in [0.2, 0.25) is 0 Å². The van der Waals surface area contributed by atoms with Crippen LogP contribution in [0.2, 0.25) is 0 Å². The van der Waals surface area contributed by atoms with E-state index in [-0.39, 0.29) is 6.61 Å². The van der Waals surface area contributed by atoms with Gasteiger partial charge in [0, 0.05) is 5.56 Å². The number of ether oxygens (including phenoxy) is 1. The molecule has 1 N–H and O–H groups in total. The van der Waals surface area contributed by atoms with Crippen LogP contribution < -0.4 is 4.74 Å². The number of aromatic nitrogens is 3. The first-order chi connectivity index (χ1) is 8.33. The van der Waals surface area contributed by atoms with E-state index >= 15 is 0 Å². The van der Waals surface area contributed by atoms with Gasteiger partial charge in [-0.3, -0.25) is 0 Å². The van der Waals surface area contributed by atoms with E-state index in [9.17, 15) is 0 Å². The van der Waals surface area contributed by atoms with Crippen molar-refractivity contribution in [2.45, 2.75) is 20.1 Å². The van der Waals surface area contributed by atoms with E-state index in [4.69, 9.17) is 9.84 Å². The van der Waals surface area contributed by atoms with Crippen molar-refractivity contribution in [3.05, 3.63) is 41.7 Å². The van der Waals surface area contributed by atoms with E-state index in [1.54, 1.807) is 10.9 Å². The Labute approximate surface area is 99.7 Å². The maximum Gasteiger partial charge on any atom is 0.124 e. The van der Waals surface area contributed by atoms with Crippen LogP contribution in [0.25, 0.3) is 0 Å². The first kappa shape index (κ1) is 11.6. The van der Waals surface area contributed by atoms with E-state index < -0.39 is 0 Å². The number of hydrogen-bond acceptors (Lipinski definition) is 4. The second kappa shape index (κ2) is 5.45. The Kier molecular flexibility index (Phi) is 3.72. The van der Waals surface area contributed by atoms with Gasteiger partial charge in [-0.05, 0) is 13.0 Å². The molecule has 0 fully saturated rings. The van der Waals surface area contributed by atoms with Crippen LogP contribution in [0.1, 0.15) is 18.2 Å². The molecular formula is C12H15N3O2. The molecule has 2 aromatic rings. The topological polar surface area (TPSA) is 60.2 Å². The monoisotopic (exact) mass is 233 g/mol. The molecule has 0 saturated carbocycles. The van der Waals surface area contributed by atoms with Crippen LogP contribution >= 0.6 is 0 Å². The minimum absolute atomic E-state index is 0.0902. The second-order valence-corrected chi connectivity index (χ2v) is 3.61. The van der Waals surface area contributed by atoms with Crippen molar-refractivity contribution in [2.75, 3.05) is 6.61 Å². The molecule has 0 bridgehead atoms. The summed E-state index contributed by atoms with van der Waals surface area (Å²) >= 11 is 0. The normalized spacial score (nSPS) is 10.5. The molecule has 90 valence electrons. The summed E-state index contributed by atoms with van der Waals surface area (Å²) < 4.78 is 7.22. The number of benzene rings is 1. The highest BCUT2D eigenvalue weighted by Crippen LogP contribution is 2.18. The van der Waals surface area contributed by atoms with Gasteiger partial charge in [-0.2, -0.15) is 0 Å². The van der Waals surface area contributed by atoms with Gasteiger partial charge in [0.05, 0.1) is 26.0 Å². The third-order valence-corrected chi connectivity index (χ3v) is 2.35. The highest BCUT2D eigenvalue weighted by atomic mass is 16.5. The molecule has 0 amide bonds. The van der Waals surface area contributed by atoms with E-state index in [1.165, 1.54) is 0 Å². The highest BCUT2D eigenvalue weighted by molar-refractivity contribution is 5.33. The fourth-order valence-electron chi connectivity index (χ4n) is 1.59. The maximum absolute atomic E-state index is 8.92. The van der Waals surface area contributed by atoms with E-state index in [0.29, 0.717) is 18.8 Å². The Hall–Kier alpha value is -1.88. The summed E-state index contributed by atoms with van der Waals surface area (Å²) in [4.78, 5) is 0. The standard InChI is InChI=1S/C12H15N3O2/c1-2-17-12-6-4-3-5-10(12)7-15-8-11(9-16)13-14-15/h3-6,8,16H,2,7,9H2,1H3. The molecule has 1 aromatic heterocycles. The molecule has 0 aliphatic heterocycles. The summed E-state index contributed by atoms with van der Waals surface area (Å²) in [7, 11) is 0. The molecule has 0 radical (unpaired) electrons. The molecule has 2 rings (SSSR count). The largest absolute Gasteiger partial charge is 0.494 e. The van der Waals surface area contributed by atoms with Crippen LogP contribution in [0, 0.1) is 0 Å². The van der Waals surface area contributed by atoms with E-state index in [0.717, 1.165) is 11.3 Å². The molecule has 0 saturated heterocycles. The molecule has 5 heteroatoms. The van der Waals surface area contributed by atoms with Crippen molar-refractivity contribution in [2.24, 2.45) is 0 Å². The third-order valence-electron chi connectivity index (χ3n) is 2.35. The minimum Gasteiger partial charge on any atom is -0.494 e. The van der Waals surface area contributed by atoms with Crippen LogP contribution in [0.15, 0.2) is 30.5 Å². The molecule has 0 aliphatic carbocycles. The predicted molar refractivity (Wildman–Crippen MR) is 62.7 cm³/mol. The average molecular weight is 233 g/mol. The lowest BCUT2D eigenvalue weighted by Gasteiger charge is -2.09. The summed E-state index contributed by atoms with van der Waals surface area (Å²) in [6.45, 7) is 3.09. The quantitative estimate of drug-likeness (QED) is 0.843. The molecule has 1 aromatic carbocycles. The molecule has 17 heavy (non-hydrogen) atoms. The van der Waals surface area contributed by atoms with Gasteiger partial charge in [0.15, 0.2) is 0 Å². The zero-order valence-electron chi connectivity index (χ0n) is 9.71. The molecular weight excluding hydrogens is 218 g/mol. The van der Waals surface area contributed by atoms with Gasteiger partial charge in [-0.1, -0.05) is 23.4 Å². The van der Waals surface area contributed by atoms with Crippen molar-refractivity contribution in [1.82, 2.24) is 15.0 Å². The molecule has 0 unspecified atom stereocenters. The molecule has 0 spiro atoms. The Morgan fingerprint density at radius 1 is 1.35 bits per heavy atom. The third kappa shape index (κ3) is 2.82. The van der Waals surface area contributed by atoms with Gasteiger partial charge >= 0.3 is 0 Å². The number of nitrogens with zero attached hydrogens (tertiary/aromatic N) is 3. The fourth-order valence-corrected chi connectivity index (χ4v) is 1.59. The Morgan fingerprint density at radius 2 is 2.18 bits per heavy atom. The number of hydrogen-bond donors (Lipinski definition) is 1. The first-order valence-electron chi connectivity index (χ1n) is 5.54. The molecule has 1 heterocycles. The van der Waals surface area contributed by atoms with Gasteiger partial charge in [0.25, 0.3) is 0 Å². The zero-order chi connectivity index (χ0) is 12.1. The lowest BCUT2D eigenvalue weighted by atomic mass is 10.2. The smallest absolute Gasteiger partial charge is 0.124 e. The summed E-state index contributed by atoms with van der Waals surface area (Å²) in [5.74, 6) is 0.857. The Bertz CT molecular complexity index is 482. The van der Waals surface area contributed by atoms with Gasteiger partial charge in [-0.25, -0.2) is 4.68 Å². The lowest BCUT2D eigenvalue weighted by molar-refractivity contribution is 0.276. The fraction of sp³-hybridized carbons (Fsp3) is 0.333. The highest BCUT2D eigenvalue weighted by Gasteiger charge is 2.05. The summed E-state index contributed by atoms with van der Waals surface area (Å²) in [6, 6.07) is 7.82. The van der Waals surface area contributed by atoms with Crippen molar-refractivity contribution in [3.8, 4) is 5.75 Å². The number of para-hydroxylation sites is 1. The van der Waals surface area contributed by atoms with Crippen LogP contribution in [-0.2, 0) is 13.2 Å². The van der Waals surface area contributed by atoms with Crippen molar-refractivity contribution in [1.29, 1.82) is 0 Å². The average Bonchev–Trinajstić information content (AvgIpc) is 2.80. The van der Waals surface area contributed by atoms with Crippen LogP contribution in [0.4, 0.5) is 0 Å². The Balaban J connectivity index is 2.17. The number of aliphatic hydroxyl groups excluding tert-OH is 1. The van der Waals surface area contributed by atoms with Crippen LogP contribution in [-0.4, -0.2) is 26.7 Å². The van der Waals surface area contributed by atoms with Gasteiger partial charge < -0.3 is 9.84 Å². The summed E-state index contributed by atoms with van der Waals surface area (Å²) in [5, 5.41) is 16.7. The second-order valence-electron chi connectivity index (χ2n) is 3.61. The molecule has 0 atom stereocenters. The first-order valence-corrected chi connectivity index (χ1v) is 5.54. The van der Waals surface area contributed by atoms with Crippen molar-refractivity contribution >= 4 is 0 Å². The van der Waals surface area contributed by atoms with Crippen molar-refractivity contribution < 1.29 is 9.84 Å². The SMILES string of the molecule is CCOc1ccccc1Cn1cc(CO)nn1.